The predicted molar refractivity (Wildman–Crippen MR) is 94.5 cm³/mol. The Morgan fingerprint density at radius 1 is 1.42 bits per heavy atom. The van der Waals surface area contributed by atoms with Gasteiger partial charge in [-0.25, -0.2) is 0 Å². The number of nitrogens with zero attached hydrogens (tertiary/aromatic N) is 1. The van der Waals surface area contributed by atoms with E-state index in [0.29, 0.717) is 24.8 Å². The van der Waals surface area contributed by atoms with Crippen molar-refractivity contribution in [2.45, 2.75) is 31.7 Å². The van der Waals surface area contributed by atoms with Crippen molar-refractivity contribution in [3.05, 3.63) is 24.3 Å². The normalized spacial score (nSPS) is 18.8. The standard InChI is InChI=1S/C17H23N3O3.ClH/c1-17(11-18,12-6-7-12)19-15(21)8-9-20-13-4-2-3-5-14(13)23-10-16(20)22;/h2-5,12H,6-11,18H2,1H3,(H,19,21);1H. The van der Waals surface area contributed by atoms with Gasteiger partial charge in [0.2, 0.25) is 5.91 Å². The van der Waals surface area contributed by atoms with Gasteiger partial charge in [0.05, 0.1) is 11.2 Å². The van der Waals surface area contributed by atoms with E-state index >= 15 is 0 Å². The number of para-hydroxylation sites is 2. The van der Waals surface area contributed by atoms with E-state index in [0.717, 1.165) is 18.5 Å². The average molecular weight is 354 g/mol. The Labute approximate surface area is 148 Å². The summed E-state index contributed by atoms with van der Waals surface area (Å²) in [4.78, 5) is 26.0. The molecule has 0 aromatic heterocycles. The molecule has 3 N–H and O–H groups in total. The number of nitrogens with two attached hydrogens (primary N) is 1. The lowest BCUT2D eigenvalue weighted by Gasteiger charge is -2.31. The molecular formula is C17H24ClN3O3. The fourth-order valence-electron chi connectivity index (χ4n) is 3.03. The van der Waals surface area contributed by atoms with Crippen LogP contribution in [0.25, 0.3) is 0 Å². The predicted octanol–water partition coefficient (Wildman–Crippen LogP) is 1.47. The van der Waals surface area contributed by atoms with Gasteiger partial charge in [-0.3, -0.25) is 9.59 Å². The van der Waals surface area contributed by atoms with Crippen LogP contribution in [0.4, 0.5) is 5.69 Å². The number of nitrogens with one attached hydrogen (secondary N) is 1. The molecule has 0 spiro atoms. The molecule has 1 fully saturated rings. The molecule has 1 aromatic rings. The quantitative estimate of drug-likeness (QED) is 0.811. The average Bonchev–Trinajstić information content (AvgIpc) is 3.39. The Morgan fingerprint density at radius 3 is 2.79 bits per heavy atom. The fraction of sp³-hybridized carbons (Fsp3) is 0.529. The summed E-state index contributed by atoms with van der Waals surface area (Å²) in [5, 5.41) is 3.05. The van der Waals surface area contributed by atoms with E-state index in [1.54, 1.807) is 4.90 Å². The smallest absolute Gasteiger partial charge is 0.265 e. The number of amides is 2. The highest BCUT2D eigenvalue weighted by Crippen LogP contribution is 2.39. The minimum Gasteiger partial charge on any atom is -0.482 e. The van der Waals surface area contributed by atoms with E-state index in [1.807, 2.05) is 31.2 Å². The second-order valence-electron chi connectivity index (χ2n) is 6.50. The second-order valence-corrected chi connectivity index (χ2v) is 6.50. The third-order valence-electron chi connectivity index (χ3n) is 4.70. The Bertz CT molecular complexity index is 621. The van der Waals surface area contributed by atoms with Gasteiger partial charge in [-0.05, 0) is 37.8 Å². The molecule has 24 heavy (non-hydrogen) atoms. The number of carbonyl (C=O) groups is 2. The number of carbonyl (C=O) groups excluding carboxylic acids is 2. The largest absolute Gasteiger partial charge is 0.482 e. The zero-order valence-electron chi connectivity index (χ0n) is 13.8. The highest BCUT2D eigenvalue weighted by atomic mass is 35.5. The van der Waals surface area contributed by atoms with Crippen LogP contribution in [0.1, 0.15) is 26.2 Å². The number of benzene rings is 1. The SMILES string of the molecule is CC(CN)(NC(=O)CCN1C(=O)COc2ccccc21)C1CC1.Cl. The summed E-state index contributed by atoms with van der Waals surface area (Å²) < 4.78 is 5.40. The monoisotopic (exact) mass is 353 g/mol. The summed E-state index contributed by atoms with van der Waals surface area (Å²) >= 11 is 0. The van der Waals surface area contributed by atoms with Crippen LogP contribution in [-0.2, 0) is 9.59 Å². The van der Waals surface area contributed by atoms with Crippen molar-refractivity contribution in [1.82, 2.24) is 5.32 Å². The van der Waals surface area contributed by atoms with Gasteiger partial charge in [0.25, 0.3) is 5.91 Å². The number of ether oxygens (including phenoxy) is 1. The van der Waals surface area contributed by atoms with Gasteiger partial charge >= 0.3 is 0 Å². The lowest BCUT2D eigenvalue weighted by atomic mass is 9.96. The molecule has 0 radical (unpaired) electrons. The summed E-state index contributed by atoms with van der Waals surface area (Å²) in [5.41, 5.74) is 6.22. The summed E-state index contributed by atoms with van der Waals surface area (Å²) in [6, 6.07) is 7.38. The van der Waals surface area contributed by atoms with E-state index < -0.39 is 0 Å². The maximum atomic E-state index is 12.3. The molecule has 7 heteroatoms. The molecule has 1 unspecified atom stereocenters. The molecule has 132 valence electrons. The molecule has 0 bridgehead atoms. The second kappa shape index (κ2) is 7.40. The van der Waals surface area contributed by atoms with Gasteiger partial charge in [-0.2, -0.15) is 0 Å². The van der Waals surface area contributed by atoms with Crippen molar-refractivity contribution in [3.8, 4) is 5.75 Å². The first-order valence-corrected chi connectivity index (χ1v) is 8.07. The highest BCUT2D eigenvalue weighted by molar-refractivity contribution is 5.98. The van der Waals surface area contributed by atoms with Crippen LogP contribution >= 0.6 is 12.4 Å². The Morgan fingerprint density at radius 2 is 2.12 bits per heavy atom. The number of hydrogen-bond donors (Lipinski definition) is 2. The maximum absolute atomic E-state index is 12.3. The summed E-state index contributed by atoms with van der Waals surface area (Å²) in [6.07, 6.45) is 2.48. The molecule has 2 amide bonds. The van der Waals surface area contributed by atoms with E-state index in [9.17, 15) is 9.59 Å². The molecule has 2 aliphatic rings. The van der Waals surface area contributed by atoms with Crippen molar-refractivity contribution in [1.29, 1.82) is 0 Å². The molecule has 3 rings (SSSR count). The van der Waals surface area contributed by atoms with Crippen molar-refractivity contribution in [2.75, 3.05) is 24.6 Å². The first kappa shape index (κ1) is 18.5. The topological polar surface area (TPSA) is 84.7 Å². The highest BCUT2D eigenvalue weighted by Gasteiger charge is 2.41. The first-order valence-electron chi connectivity index (χ1n) is 8.07. The van der Waals surface area contributed by atoms with Crippen LogP contribution in [-0.4, -0.2) is 37.0 Å². The van der Waals surface area contributed by atoms with E-state index in [4.69, 9.17) is 10.5 Å². The number of fused-ring (bicyclic) bond motifs is 1. The minimum absolute atomic E-state index is 0. The summed E-state index contributed by atoms with van der Waals surface area (Å²) in [7, 11) is 0. The third kappa shape index (κ3) is 3.82. The van der Waals surface area contributed by atoms with Gasteiger partial charge in [-0.15, -0.1) is 12.4 Å². The lowest BCUT2D eigenvalue weighted by molar-refractivity contribution is -0.123. The van der Waals surface area contributed by atoms with Gasteiger partial charge < -0.3 is 20.7 Å². The lowest BCUT2D eigenvalue weighted by Crippen LogP contribution is -2.53. The molecule has 1 aliphatic carbocycles. The molecular weight excluding hydrogens is 330 g/mol. The molecule has 6 nitrogen and oxygen atoms in total. The summed E-state index contributed by atoms with van der Waals surface area (Å²) in [5.74, 6) is 0.960. The first-order chi connectivity index (χ1) is 11.0. The van der Waals surface area contributed by atoms with E-state index in [-0.39, 0.29) is 42.8 Å². The van der Waals surface area contributed by atoms with Crippen LogP contribution < -0.4 is 20.7 Å². The van der Waals surface area contributed by atoms with Gasteiger partial charge in [0.15, 0.2) is 6.61 Å². The zero-order valence-corrected chi connectivity index (χ0v) is 14.6. The number of rotatable bonds is 6. The van der Waals surface area contributed by atoms with Crippen molar-refractivity contribution in [2.24, 2.45) is 11.7 Å². The van der Waals surface area contributed by atoms with Crippen LogP contribution in [0.3, 0.4) is 0 Å². The van der Waals surface area contributed by atoms with E-state index in [2.05, 4.69) is 5.32 Å². The van der Waals surface area contributed by atoms with Crippen LogP contribution in [0, 0.1) is 5.92 Å². The molecule has 1 saturated carbocycles. The molecule has 1 aromatic carbocycles. The zero-order chi connectivity index (χ0) is 16.4. The Kier molecular flexibility index (Phi) is 5.72. The van der Waals surface area contributed by atoms with Crippen molar-refractivity contribution < 1.29 is 14.3 Å². The molecule has 1 heterocycles. The van der Waals surface area contributed by atoms with Gasteiger partial charge in [-0.1, -0.05) is 12.1 Å². The van der Waals surface area contributed by atoms with Crippen LogP contribution in [0.2, 0.25) is 0 Å². The summed E-state index contributed by atoms with van der Waals surface area (Å²) in [6.45, 7) is 2.79. The van der Waals surface area contributed by atoms with Gasteiger partial charge in [0.1, 0.15) is 5.75 Å². The van der Waals surface area contributed by atoms with Crippen LogP contribution in [0.5, 0.6) is 5.75 Å². The minimum atomic E-state index is -0.329. The van der Waals surface area contributed by atoms with Gasteiger partial charge in [0, 0.05) is 19.5 Å². The molecule has 1 atom stereocenters. The maximum Gasteiger partial charge on any atom is 0.265 e. The van der Waals surface area contributed by atoms with Crippen LogP contribution in [0.15, 0.2) is 24.3 Å². The van der Waals surface area contributed by atoms with Crippen molar-refractivity contribution in [3.63, 3.8) is 0 Å². The number of halogens is 1. The molecule has 1 aliphatic heterocycles. The number of anilines is 1. The molecule has 0 saturated heterocycles. The van der Waals surface area contributed by atoms with Crippen molar-refractivity contribution >= 4 is 29.9 Å². The fourth-order valence-corrected chi connectivity index (χ4v) is 3.03. The third-order valence-corrected chi connectivity index (χ3v) is 4.70. The van der Waals surface area contributed by atoms with E-state index in [1.165, 1.54) is 0 Å². The number of hydrogen-bond acceptors (Lipinski definition) is 4. The Balaban J connectivity index is 0.00000208. The Hall–Kier alpha value is -1.79.